The van der Waals surface area contributed by atoms with E-state index in [-0.39, 0.29) is 11.8 Å². The molecule has 1 amide bonds. The summed E-state index contributed by atoms with van der Waals surface area (Å²) in [6, 6.07) is 0. The average molecular weight is 198 g/mol. The Morgan fingerprint density at radius 3 is 2.93 bits per heavy atom. The summed E-state index contributed by atoms with van der Waals surface area (Å²) >= 11 is 0. The fourth-order valence-corrected chi connectivity index (χ4v) is 2.06. The van der Waals surface area contributed by atoms with Gasteiger partial charge in [0, 0.05) is 26.2 Å². The molecule has 2 aliphatic heterocycles. The van der Waals surface area contributed by atoms with E-state index in [1.165, 1.54) is 0 Å². The SMILES string of the molecule is O=C([C@@H]1CNCCOC1)N1CCCC1. The summed E-state index contributed by atoms with van der Waals surface area (Å²) in [5, 5.41) is 3.23. The van der Waals surface area contributed by atoms with Gasteiger partial charge in [0.15, 0.2) is 0 Å². The molecule has 0 saturated carbocycles. The molecule has 1 N–H and O–H groups in total. The summed E-state index contributed by atoms with van der Waals surface area (Å²) < 4.78 is 5.38. The molecule has 0 aliphatic carbocycles. The number of rotatable bonds is 1. The maximum atomic E-state index is 12.0. The van der Waals surface area contributed by atoms with Gasteiger partial charge < -0.3 is 15.0 Å². The fourth-order valence-electron chi connectivity index (χ4n) is 2.06. The Morgan fingerprint density at radius 1 is 1.36 bits per heavy atom. The third-order valence-electron chi connectivity index (χ3n) is 2.90. The van der Waals surface area contributed by atoms with E-state index in [0.717, 1.165) is 45.6 Å². The summed E-state index contributed by atoms with van der Waals surface area (Å²) in [4.78, 5) is 13.9. The van der Waals surface area contributed by atoms with Crippen LogP contribution in [0.25, 0.3) is 0 Å². The van der Waals surface area contributed by atoms with Crippen LogP contribution in [0.1, 0.15) is 12.8 Å². The molecule has 2 saturated heterocycles. The van der Waals surface area contributed by atoms with Crippen LogP contribution in [0.4, 0.5) is 0 Å². The molecule has 2 heterocycles. The molecule has 2 aliphatic rings. The second-order valence-corrected chi connectivity index (χ2v) is 4.01. The van der Waals surface area contributed by atoms with E-state index >= 15 is 0 Å². The second-order valence-electron chi connectivity index (χ2n) is 4.01. The van der Waals surface area contributed by atoms with E-state index in [2.05, 4.69) is 5.32 Å². The van der Waals surface area contributed by atoms with Crippen molar-refractivity contribution >= 4 is 5.91 Å². The van der Waals surface area contributed by atoms with Crippen LogP contribution >= 0.6 is 0 Å². The first-order valence-electron chi connectivity index (χ1n) is 5.45. The smallest absolute Gasteiger partial charge is 0.229 e. The van der Waals surface area contributed by atoms with Gasteiger partial charge in [-0.2, -0.15) is 0 Å². The quantitative estimate of drug-likeness (QED) is 0.637. The second kappa shape index (κ2) is 4.75. The van der Waals surface area contributed by atoms with Gasteiger partial charge in [-0.15, -0.1) is 0 Å². The highest BCUT2D eigenvalue weighted by Gasteiger charge is 2.27. The van der Waals surface area contributed by atoms with Gasteiger partial charge in [0.2, 0.25) is 5.91 Å². The van der Waals surface area contributed by atoms with Crippen molar-refractivity contribution < 1.29 is 9.53 Å². The molecule has 4 nitrogen and oxygen atoms in total. The minimum Gasteiger partial charge on any atom is -0.379 e. The van der Waals surface area contributed by atoms with Gasteiger partial charge in [-0.3, -0.25) is 4.79 Å². The Balaban J connectivity index is 1.88. The van der Waals surface area contributed by atoms with Crippen LogP contribution in [0.3, 0.4) is 0 Å². The van der Waals surface area contributed by atoms with E-state index in [9.17, 15) is 4.79 Å². The minimum atomic E-state index is 0.0376. The predicted octanol–water partition coefficient (Wildman–Crippen LogP) is -0.155. The number of nitrogens with zero attached hydrogens (tertiary/aromatic N) is 1. The Labute approximate surface area is 84.6 Å². The Bertz CT molecular complexity index is 194. The van der Waals surface area contributed by atoms with Crippen molar-refractivity contribution in [3.05, 3.63) is 0 Å². The number of carbonyl (C=O) groups is 1. The largest absolute Gasteiger partial charge is 0.379 e. The van der Waals surface area contributed by atoms with Crippen LogP contribution in [0, 0.1) is 5.92 Å². The molecule has 14 heavy (non-hydrogen) atoms. The molecular weight excluding hydrogens is 180 g/mol. The lowest BCUT2D eigenvalue weighted by atomic mass is 10.1. The monoisotopic (exact) mass is 198 g/mol. The third-order valence-corrected chi connectivity index (χ3v) is 2.90. The average Bonchev–Trinajstić information content (AvgIpc) is 2.59. The van der Waals surface area contributed by atoms with E-state index < -0.39 is 0 Å². The Hall–Kier alpha value is -0.610. The van der Waals surface area contributed by atoms with Crippen molar-refractivity contribution in [2.75, 3.05) is 39.4 Å². The summed E-state index contributed by atoms with van der Waals surface area (Å²) in [6.07, 6.45) is 2.32. The molecular formula is C10H18N2O2. The van der Waals surface area contributed by atoms with Crippen LogP contribution in [0.2, 0.25) is 0 Å². The molecule has 0 spiro atoms. The molecule has 80 valence electrons. The van der Waals surface area contributed by atoms with Crippen LogP contribution in [0.15, 0.2) is 0 Å². The number of hydrogen-bond donors (Lipinski definition) is 1. The van der Waals surface area contributed by atoms with Gasteiger partial charge in [-0.05, 0) is 12.8 Å². The Morgan fingerprint density at radius 2 is 2.14 bits per heavy atom. The van der Waals surface area contributed by atoms with Crippen molar-refractivity contribution in [3.63, 3.8) is 0 Å². The lowest BCUT2D eigenvalue weighted by molar-refractivity contribution is -0.135. The third kappa shape index (κ3) is 2.25. The maximum absolute atomic E-state index is 12.0. The number of hydrogen-bond acceptors (Lipinski definition) is 3. The highest BCUT2D eigenvalue weighted by molar-refractivity contribution is 5.79. The zero-order valence-corrected chi connectivity index (χ0v) is 8.50. The standard InChI is InChI=1S/C10H18N2O2/c13-10(12-4-1-2-5-12)9-7-11-3-6-14-8-9/h9,11H,1-8H2/t9-/m1/s1. The van der Waals surface area contributed by atoms with Crippen LogP contribution < -0.4 is 5.32 Å². The molecule has 1 atom stereocenters. The Kier molecular flexibility index (Phi) is 3.37. The van der Waals surface area contributed by atoms with Crippen LogP contribution in [-0.2, 0) is 9.53 Å². The number of carbonyl (C=O) groups excluding carboxylic acids is 1. The highest BCUT2D eigenvalue weighted by Crippen LogP contribution is 2.12. The van der Waals surface area contributed by atoms with Crippen molar-refractivity contribution in [1.82, 2.24) is 10.2 Å². The van der Waals surface area contributed by atoms with Gasteiger partial charge in [0.25, 0.3) is 0 Å². The lowest BCUT2D eigenvalue weighted by Crippen LogP contribution is -2.39. The van der Waals surface area contributed by atoms with Crippen molar-refractivity contribution in [2.45, 2.75) is 12.8 Å². The van der Waals surface area contributed by atoms with E-state index in [1.54, 1.807) is 0 Å². The number of likely N-dealkylation sites (tertiary alicyclic amines) is 1. The molecule has 0 aromatic heterocycles. The first kappa shape index (κ1) is 9.93. The van der Waals surface area contributed by atoms with Gasteiger partial charge in [-0.1, -0.05) is 0 Å². The topological polar surface area (TPSA) is 41.6 Å². The number of nitrogens with one attached hydrogen (secondary N) is 1. The van der Waals surface area contributed by atoms with Crippen LogP contribution in [0.5, 0.6) is 0 Å². The summed E-state index contributed by atoms with van der Waals surface area (Å²) in [5.41, 5.74) is 0. The summed E-state index contributed by atoms with van der Waals surface area (Å²) in [6.45, 7) is 4.83. The van der Waals surface area contributed by atoms with Gasteiger partial charge in [0.1, 0.15) is 0 Å². The predicted molar refractivity (Wildman–Crippen MR) is 53.0 cm³/mol. The fraction of sp³-hybridized carbons (Fsp3) is 0.900. The highest BCUT2D eigenvalue weighted by atomic mass is 16.5. The molecule has 0 radical (unpaired) electrons. The van der Waals surface area contributed by atoms with Crippen LogP contribution in [-0.4, -0.2) is 50.2 Å². The number of ether oxygens (including phenoxy) is 1. The maximum Gasteiger partial charge on any atom is 0.229 e. The molecule has 2 rings (SSSR count). The first-order valence-corrected chi connectivity index (χ1v) is 5.45. The minimum absolute atomic E-state index is 0.0376. The van der Waals surface area contributed by atoms with E-state index in [0.29, 0.717) is 6.61 Å². The molecule has 2 fully saturated rings. The lowest BCUT2D eigenvalue weighted by Gasteiger charge is -2.21. The van der Waals surface area contributed by atoms with Gasteiger partial charge >= 0.3 is 0 Å². The molecule has 4 heteroatoms. The summed E-state index contributed by atoms with van der Waals surface area (Å²) in [7, 11) is 0. The number of amides is 1. The molecule has 0 aromatic carbocycles. The zero-order chi connectivity index (χ0) is 9.80. The normalized spacial score (nSPS) is 28.9. The zero-order valence-electron chi connectivity index (χ0n) is 8.50. The van der Waals surface area contributed by atoms with Crippen molar-refractivity contribution in [1.29, 1.82) is 0 Å². The summed E-state index contributed by atoms with van der Waals surface area (Å²) in [5.74, 6) is 0.313. The van der Waals surface area contributed by atoms with E-state index in [4.69, 9.17) is 4.74 Å². The van der Waals surface area contributed by atoms with Crippen molar-refractivity contribution in [2.24, 2.45) is 5.92 Å². The molecule has 0 bridgehead atoms. The van der Waals surface area contributed by atoms with Gasteiger partial charge in [0.05, 0.1) is 19.1 Å². The first-order chi connectivity index (χ1) is 6.88. The van der Waals surface area contributed by atoms with E-state index in [1.807, 2.05) is 4.90 Å². The van der Waals surface area contributed by atoms with Gasteiger partial charge in [-0.25, -0.2) is 0 Å². The molecule has 0 unspecified atom stereocenters. The van der Waals surface area contributed by atoms with Crippen molar-refractivity contribution in [3.8, 4) is 0 Å². The molecule has 0 aromatic rings.